The third-order valence-electron chi connectivity index (χ3n) is 3.21. The van der Waals surface area contributed by atoms with Gasteiger partial charge in [-0.05, 0) is 37.5 Å². The van der Waals surface area contributed by atoms with E-state index in [4.69, 9.17) is 10.7 Å². The van der Waals surface area contributed by atoms with E-state index in [9.17, 15) is 17.6 Å². The number of amides is 1. The first-order valence-electron chi connectivity index (χ1n) is 5.85. The third-order valence-corrected chi connectivity index (χ3v) is 4.66. The fourth-order valence-electron chi connectivity index (χ4n) is 2.22. The SMILES string of the molecule is Cc1c(C(=O)N2CCCC2)cc(F)cc1S(=O)(=O)Cl. The number of carbonyl (C=O) groups is 1. The lowest BCUT2D eigenvalue weighted by atomic mass is 10.1. The third kappa shape index (κ3) is 2.90. The molecule has 0 radical (unpaired) electrons. The molecule has 2 rings (SSSR count). The first kappa shape index (κ1) is 14.3. The predicted molar refractivity (Wildman–Crippen MR) is 69.3 cm³/mol. The van der Waals surface area contributed by atoms with E-state index >= 15 is 0 Å². The summed E-state index contributed by atoms with van der Waals surface area (Å²) in [6.45, 7) is 2.67. The number of benzene rings is 1. The molecule has 19 heavy (non-hydrogen) atoms. The first-order chi connectivity index (χ1) is 8.80. The molecule has 1 fully saturated rings. The summed E-state index contributed by atoms with van der Waals surface area (Å²) < 4.78 is 36.2. The monoisotopic (exact) mass is 305 g/mol. The minimum atomic E-state index is -4.07. The second kappa shape index (κ2) is 5.09. The Hall–Kier alpha value is -1.14. The number of carbonyl (C=O) groups excluding carboxylic acids is 1. The van der Waals surface area contributed by atoms with Crippen molar-refractivity contribution in [3.8, 4) is 0 Å². The van der Waals surface area contributed by atoms with E-state index in [1.54, 1.807) is 4.90 Å². The lowest BCUT2D eigenvalue weighted by Gasteiger charge is -2.17. The first-order valence-corrected chi connectivity index (χ1v) is 8.15. The van der Waals surface area contributed by atoms with E-state index in [2.05, 4.69) is 0 Å². The van der Waals surface area contributed by atoms with Crippen molar-refractivity contribution in [3.05, 3.63) is 29.1 Å². The normalized spacial score (nSPS) is 15.8. The van der Waals surface area contributed by atoms with Crippen molar-refractivity contribution in [2.45, 2.75) is 24.7 Å². The fraction of sp³-hybridized carbons (Fsp3) is 0.417. The molecule has 1 heterocycles. The van der Waals surface area contributed by atoms with Gasteiger partial charge >= 0.3 is 0 Å². The Bertz CT molecular complexity index is 624. The molecule has 0 aromatic heterocycles. The second-order valence-corrected chi connectivity index (χ2v) is 7.05. The van der Waals surface area contributed by atoms with Crippen LogP contribution in [0.15, 0.2) is 17.0 Å². The standard InChI is InChI=1S/C12H13ClFNO3S/c1-8-10(12(16)15-4-2-3-5-15)6-9(14)7-11(8)19(13,17)18/h6-7H,2-5H2,1H3. The van der Waals surface area contributed by atoms with Crippen molar-refractivity contribution in [3.63, 3.8) is 0 Å². The predicted octanol–water partition coefficient (Wildman–Crippen LogP) is 2.30. The van der Waals surface area contributed by atoms with Crippen LogP contribution in [0.25, 0.3) is 0 Å². The molecule has 0 aliphatic carbocycles. The number of halogens is 2. The lowest BCUT2D eigenvalue weighted by Crippen LogP contribution is -2.28. The Morgan fingerprint density at radius 1 is 1.32 bits per heavy atom. The highest BCUT2D eigenvalue weighted by Crippen LogP contribution is 2.26. The van der Waals surface area contributed by atoms with Crippen LogP contribution in [-0.2, 0) is 9.05 Å². The van der Waals surface area contributed by atoms with Gasteiger partial charge in [0, 0.05) is 29.3 Å². The molecular formula is C12H13ClFNO3S. The molecule has 1 aromatic carbocycles. The number of hydrogen-bond donors (Lipinski definition) is 0. The average Bonchev–Trinajstić information content (AvgIpc) is 2.83. The highest BCUT2D eigenvalue weighted by Gasteiger charge is 2.25. The molecular weight excluding hydrogens is 293 g/mol. The number of hydrogen-bond acceptors (Lipinski definition) is 3. The van der Waals surface area contributed by atoms with E-state index in [1.807, 2.05) is 0 Å². The molecule has 1 aliphatic rings. The molecule has 1 aliphatic heterocycles. The zero-order chi connectivity index (χ0) is 14.2. The van der Waals surface area contributed by atoms with Gasteiger partial charge < -0.3 is 4.90 Å². The highest BCUT2D eigenvalue weighted by molar-refractivity contribution is 8.13. The summed E-state index contributed by atoms with van der Waals surface area (Å²) in [5.41, 5.74) is 0.245. The van der Waals surface area contributed by atoms with Crippen LogP contribution >= 0.6 is 10.7 Å². The molecule has 0 N–H and O–H groups in total. The quantitative estimate of drug-likeness (QED) is 0.788. The summed E-state index contributed by atoms with van der Waals surface area (Å²) in [6, 6.07) is 1.89. The molecule has 104 valence electrons. The van der Waals surface area contributed by atoms with Gasteiger partial charge in [-0.15, -0.1) is 0 Å². The van der Waals surface area contributed by atoms with Gasteiger partial charge in [0.2, 0.25) is 0 Å². The van der Waals surface area contributed by atoms with Crippen LogP contribution in [0.4, 0.5) is 4.39 Å². The van der Waals surface area contributed by atoms with Crippen LogP contribution in [0, 0.1) is 12.7 Å². The Morgan fingerprint density at radius 2 is 1.89 bits per heavy atom. The summed E-state index contributed by atoms with van der Waals surface area (Å²) in [6.07, 6.45) is 1.81. The van der Waals surface area contributed by atoms with Crippen LogP contribution in [0.2, 0.25) is 0 Å². The maximum atomic E-state index is 13.5. The molecule has 0 saturated carbocycles. The zero-order valence-corrected chi connectivity index (χ0v) is 11.9. The van der Waals surface area contributed by atoms with Crippen LogP contribution < -0.4 is 0 Å². The fourth-order valence-corrected chi connectivity index (χ4v) is 3.43. The van der Waals surface area contributed by atoms with E-state index in [1.165, 1.54) is 6.92 Å². The smallest absolute Gasteiger partial charge is 0.261 e. The molecule has 1 amide bonds. The van der Waals surface area contributed by atoms with E-state index < -0.39 is 14.9 Å². The number of rotatable bonds is 2. The Kier molecular flexibility index (Phi) is 3.82. The van der Waals surface area contributed by atoms with Crippen molar-refractivity contribution in [1.82, 2.24) is 4.90 Å². The van der Waals surface area contributed by atoms with Gasteiger partial charge in [0.15, 0.2) is 0 Å². The molecule has 1 saturated heterocycles. The van der Waals surface area contributed by atoms with Crippen molar-refractivity contribution in [1.29, 1.82) is 0 Å². The van der Waals surface area contributed by atoms with Crippen molar-refractivity contribution < 1.29 is 17.6 Å². The van der Waals surface area contributed by atoms with Gasteiger partial charge in [0.25, 0.3) is 15.0 Å². The second-order valence-electron chi connectivity index (χ2n) is 4.51. The van der Waals surface area contributed by atoms with E-state index in [-0.39, 0.29) is 21.9 Å². The molecule has 4 nitrogen and oxygen atoms in total. The van der Waals surface area contributed by atoms with E-state index in [0.29, 0.717) is 13.1 Å². The summed E-state index contributed by atoms with van der Waals surface area (Å²) in [7, 11) is 1.18. The van der Waals surface area contributed by atoms with Crippen molar-refractivity contribution >= 4 is 25.6 Å². The Balaban J connectivity index is 2.52. The average molecular weight is 306 g/mol. The minimum Gasteiger partial charge on any atom is -0.339 e. The lowest BCUT2D eigenvalue weighted by molar-refractivity contribution is 0.0791. The van der Waals surface area contributed by atoms with Crippen LogP contribution in [-0.4, -0.2) is 32.3 Å². The number of likely N-dealkylation sites (tertiary alicyclic amines) is 1. The van der Waals surface area contributed by atoms with Crippen molar-refractivity contribution in [2.24, 2.45) is 0 Å². The minimum absolute atomic E-state index is 0.0566. The molecule has 0 atom stereocenters. The van der Waals surface area contributed by atoms with Gasteiger partial charge in [0.1, 0.15) is 5.82 Å². The van der Waals surface area contributed by atoms with Crippen LogP contribution in [0.5, 0.6) is 0 Å². The summed E-state index contributed by atoms with van der Waals surface area (Å²) in [5.74, 6) is -1.14. The number of nitrogens with zero attached hydrogens (tertiary/aromatic N) is 1. The van der Waals surface area contributed by atoms with Crippen LogP contribution in [0.3, 0.4) is 0 Å². The Morgan fingerprint density at radius 3 is 2.42 bits per heavy atom. The summed E-state index contributed by atoms with van der Waals surface area (Å²) in [4.78, 5) is 13.5. The van der Waals surface area contributed by atoms with Gasteiger partial charge in [0.05, 0.1) is 4.90 Å². The van der Waals surface area contributed by atoms with Gasteiger partial charge in [-0.1, -0.05) is 0 Å². The molecule has 0 unspecified atom stereocenters. The van der Waals surface area contributed by atoms with Gasteiger partial charge in [-0.25, -0.2) is 12.8 Å². The maximum Gasteiger partial charge on any atom is 0.261 e. The zero-order valence-electron chi connectivity index (χ0n) is 10.3. The molecule has 1 aromatic rings. The molecule has 7 heteroatoms. The van der Waals surface area contributed by atoms with Crippen LogP contribution in [0.1, 0.15) is 28.8 Å². The summed E-state index contributed by atoms with van der Waals surface area (Å²) in [5, 5.41) is 0. The molecule has 0 spiro atoms. The van der Waals surface area contributed by atoms with Crippen molar-refractivity contribution in [2.75, 3.05) is 13.1 Å². The summed E-state index contributed by atoms with van der Waals surface area (Å²) >= 11 is 0. The van der Waals surface area contributed by atoms with E-state index in [0.717, 1.165) is 25.0 Å². The Labute approximate surface area is 115 Å². The highest BCUT2D eigenvalue weighted by atomic mass is 35.7. The molecule has 0 bridgehead atoms. The largest absolute Gasteiger partial charge is 0.339 e. The van der Waals surface area contributed by atoms with Gasteiger partial charge in [-0.2, -0.15) is 0 Å². The topological polar surface area (TPSA) is 54.5 Å². The maximum absolute atomic E-state index is 13.5. The van der Waals surface area contributed by atoms with Gasteiger partial charge in [-0.3, -0.25) is 4.79 Å².